The Kier molecular flexibility index (Phi) is 6.45. The average Bonchev–Trinajstić information content (AvgIpc) is 3.45. The quantitative estimate of drug-likeness (QED) is 0.706. The van der Waals surface area contributed by atoms with E-state index < -0.39 is 0 Å². The molecule has 1 aromatic rings. The molecule has 2 bridgehead atoms. The monoisotopic (exact) mass is 457 g/mol. The van der Waals surface area contributed by atoms with E-state index in [1.54, 1.807) is 14.2 Å². The number of hydrogen-bond acceptors (Lipinski definition) is 6. The van der Waals surface area contributed by atoms with Crippen molar-refractivity contribution in [3.63, 3.8) is 0 Å². The van der Waals surface area contributed by atoms with E-state index in [1.807, 2.05) is 4.90 Å². The Morgan fingerprint density at radius 3 is 2.58 bits per heavy atom. The molecule has 3 saturated heterocycles. The zero-order valence-corrected chi connectivity index (χ0v) is 20.5. The summed E-state index contributed by atoms with van der Waals surface area (Å²) < 4.78 is 17.1. The predicted molar refractivity (Wildman–Crippen MR) is 127 cm³/mol. The summed E-state index contributed by atoms with van der Waals surface area (Å²) in [6.45, 7) is 8.94. The molecule has 4 aliphatic heterocycles. The number of nitrogens with one attached hydrogen (secondary N) is 1. The van der Waals surface area contributed by atoms with Gasteiger partial charge in [-0.05, 0) is 66.7 Å². The molecule has 7 heteroatoms. The summed E-state index contributed by atoms with van der Waals surface area (Å²) >= 11 is 0. The van der Waals surface area contributed by atoms with Gasteiger partial charge >= 0.3 is 6.09 Å². The smallest absolute Gasteiger partial charge is 0.410 e. The first-order valence-corrected chi connectivity index (χ1v) is 12.6. The molecular weight excluding hydrogens is 418 g/mol. The van der Waals surface area contributed by atoms with E-state index in [-0.39, 0.29) is 6.09 Å². The number of ether oxygens (including phenoxy) is 3. The van der Waals surface area contributed by atoms with Crippen LogP contribution in [0.5, 0.6) is 11.5 Å². The number of fused-ring (bicyclic) bond motifs is 5. The average molecular weight is 458 g/mol. The maximum Gasteiger partial charge on any atom is 0.410 e. The number of amides is 1. The minimum atomic E-state index is -0.120. The first kappa shape index (κ1) is 22.8. The number of piperidine rings is 1. The molecule has 0 spiro atoms. The number of piperazine rings is 1. The maximum atomic E-state index is 12.9. The lowest BCUT2D eigenvalue weighted by molar-refractivity contribution is 0.00419. The normalized spacial score (nSPS) is 30.8. The fourth-order valence-electron chi connectivity index (χ4n) is 6.63. The van der Waals surface area contributed by atoms with Crippen molar-refractivity contribution in [2.45, 2.75) is 57.7 Å². The highest BCUT2D eigenvalue weighted by Gasteiger charge is 2.43. The molecule has 5 atom stereocenters. The van der Waals surface area contributed by atoms with Crippen molar-refractivity contribution in [2.24, 2.45) is 17.8 Å². The summed E-state index contributed by atoms with van der Waals surface area (Å²) in [5.41, 5.74) is 2.70. The number of carbonyl (C=O) groups is 1. The molecule has 4 heterocycles. The van der Waals surface area contributed by atoms with Gasteiger partial charge in [-0.2, -0.15) is 0 Å². The van der Waals surface area contributed by atoms with E-state index >= 15 is 0 Å². The number of benzene rings is 1. The van der Waals surface area contributed by atoms with Crippen LogP contribution in [0.3, 0.4) is 0 Å². The molecule has 5 rings (SSSR count). The van der Waals surface area contributed by atoms with E-state index in [0.29, 0.717) is 42.5 Å². The van der Waals surface area contributed by atoms with Crippen molar-refractivity contribution in [1.29, 1.82) is 0 Å². The van der Waals surface area contributed by atoms with Gasteiger partial charge in [0.2, 0.25) is 0 Å². The van der Waals surface area contributed by atoms with Crippen LogP contribution < -0.4 is 14.8 Å². The van der Waals surface area contributed by atoms with Gasteiger partial charge in [0.25, 0.3) is 0 Å². The lowest BCUT2D eigenvalue weighted by atomic mass is 9.74. The van der Waals surface area contributed by atoms with Crippen molar-refractivity contribution in [2.75, 3.05) is 47.0 Å². The summed E-state index contributed by atoms with van der Waals surface area (Å²) in [5, 5.41) is 3.46. The van der Waals surface area contributed by atoms with Gasteiger partial charge in [0.1, 0.15) is 0 Å². The van der Waals surface area contributed by atoms with Crippen molar-refractivity contribution in [3.05, 3.63) is 23.3 Å². The second-order valence-electron chi connectivity index (χ2n) is 10.8. The van der Waals surface area contributed by atoms with Crippen LogP contribution in [0, 0.1) is 17.8 Å². The van der Waals surface area contributed by atoms with Gasteiger partial charge in [0.15, 0.2) is 11.5 Å². The molecule has 33 heavy (non-hydrogen) atoms. The minimum absolute atomic E-state index is 0.120. The summed E-state index contributed by atoms with van der Waals surface area (Å²) in [5.74, 6) is 3.15. The lowest BCUT2D eigenvalue weighted by Gasteiger charge is -2.47. The predicted octanol–water partition coefficient (Wildman–Crippen LogP) is 3.47. The highest BCUT2D eigenvalue weighted by molar-refractivity contribution is 5.69. The SMILES string of the molecule is COc1cc2c(cc1OC)[C@H]1C[C@@H](COC(=O)N3C[C@@H]4C[C@H]3CN4)[C@H](CC(C)C)CN1CC2. The van der Waals surface area contributed by atoms with Crippen LogP contribution in [0.4, 0.5) is 4.79 Å². The molecule has 7 nitrogen and oxygen atoms in total. The second kappa shape index (κ2) is 9.34. The number of rotatable bonds is 6. The fourth-order valence-corrected chi connectivity index (χ4v) is 6.63. The van der Waals surface area contributed by atoms with Crippen molar-refractivity contribution >= 4 is 6.09 Å². The Bertz CT molecular complexity index is 875. The number of hydrogen-bond donors (Lipinski definition) is 1. The van der Waals surface area contributed by atoms with Crippen LogP contribution in [0.2, 0.25) is 0 Å². The second-order valence-corrected chi connectivity index (χ2v) is 10.8. The topological polar surface area (TPSA) is 63.3 Å². The largest absolute Gasteiger partial charge is 0.493 e. The summed E-state index contributed by atoms with van der Waals surface area (Å²) in [4.78, 5) is 17.5. The van der Waals surface area contributed by atoms with Gasteiger partial charge in [-0.1, -0.05) is 13.8 Å². The first-order chi connectivity index (χ1) is 16.0. The highest BCUT2D eigenvalue weighted by atomic mass is 16.6. The minimum Gasteiger partial charge on any atom is -0.493 e. The zero-order chi connectivity index (χ0) is 23.1. The summed E-state index contributed by atoms with van der Waals surface area (Å²) in [6, 6.07) is 5.42. The maximum absolute atomic E-state index is 12.9. The van der Waals surface area contributed by atoms with Crippen LogP contribution in [-0.4, -0.2) is 75.0 Å². The highest BCUT2D eigenvalue weighted by Crippen LogP contribution is 2.45. The Morgan fingerprint density at radius 2 is 1.91 bits per heavy atom. The number of methoxy groups -OCH3 is 2. The molecule has 1 amide bonds. The number of carbonyl (C=O) groups excluding carboxylic acids is 1. The third kappa shape index (κ3) is 4.42. The molecule has 0 saturated carbocycles. The molecular formula is C26H39N3O4. The summed E-state index contributed by atoms with van der Waals surface area (Å²) in [6.07, 6.45) is 4.16. The van der Waals surface area contributed by atoms with E-state index in [1.165, 1.54) is 17.5 Å². The first-order valence-electron chi connectivity index (χ1n) is 12.6. The number of likely N-dealkylation sites (tertiary alicyclic amines) is 1. The van der Waals surface area contributed by atoms with Gasteiger partial charge in [0.05, 0.1) is 20.8 Å². The van der Waals surface area contributed by atoms with Gasteiger partial charge in [-0.3, -0.25) is 4.90 Å². The Morgan fingerprint density at radius 1 is 1.12 bits per heavy atom. The third-order valence-corrected chi connectivity index (χ3v) is 8.26. The molecule has 182 valence electrons. The molecule has 0 aliphatic carbocycles. The van der Waals surface area contributed by atoms with Gasteiger partial charge in [0, 0.05) is 44.3 Å². The molecule has 0 radical (unpaired) electrons. The fraction of sp³-hybridized carbons (Fsp3) is 0.731. The van der Waals surface area contributed by atoms with Crippen LogP contribution in [0.25, 0.3) is 0 Å². The summed E-state index contributed by atoms with van der Waals surface area (Å²) in [7, 11) is 3.40. The Hall–Kier alpha value is -1.99. The molecule has 1 aromatic carbocycles. The molecule has 0 aromatic heterocycles. The van der Waals surface area contributed by atoms with Crippen LogP contribution >= 0.6 is 0 Å². The van der Waals surface area contributed by atoms with Crippen molar-refractivity contribution < 1.29 is 19.0 Å². The van der Waals surface area contributed by atoms with Gasteiger partial charge in [-0.25, -0.2) is 4.79 Å². The zero-order valence-electron chi connectivity index (χ0n) is 20.5. The van der Waals surface area contributed by atoms with E-state index in [0.717, 1.165) is 56.9 Å². The third-order valence-electron chi connectivity index (χ3n) is 8.26. The van der Waals surface area contributed by atoms with Gasteiger partial charge in [-0.15, -0.1) is 0 Å². The van der Waals surface area contributed by atoms with Crippen molar-refractivity contribution in [3.8, 4) is 11.5 Å². The lowest BCUT2D eigenvalue weighted by Crippen LogP contribution is -2.49. The van der Waals surface area contributed by atoms with E-state index in [2.05, 4.69) is 36.2 Å². The van der Waals surface area contributed by atoms with Crippen LogP contribution in [-0.2, 0) is 11.2 Å². The van der Waals surface area contributed by atoms with E-state index in [9.17, 15) is 4.79 Å². The molecule has 0 unspecified atom stereocenters. The Labute approximate surface area is 197 Å². The van der Waals surface area contributed by atoms with Crippen LogP contribution in [0.15, 0.2) is 12.1 Å². The standard InChI is InChI=1S/C26H39N3O4/c1-16(2)7-18-13-28-6-5-17-9-24(31-3)25(32-4)11-22(17)23(28)8-19(18)15-33-26(30)29-14-20-10-21(29)12-27-20/h9,11,16,18-21,23,27H,5-8,10,12-15H2,1-4H3/t18-,19+,20+,21+,23-/m1/s1. The van der Waals surface area contributed by atoms with Gasteiger partial charge < -0.3 is 24.4 Å². The van der Waals surface area contributed by atoms with E-state index in [4.69, 9.17) is 14.2 Å². The Balaban J connectivity index is 1.32. The van der Waals surface area contributed by atoms with Crippen LogP contribution in [0.1, 0.15) is 50.3 Å². The molecule has 1 N–H and O–H groups in total. The molecule has 4 aliphatic rings. The molecule has 3 fully saturated rings. The number of nitrogens with zero attached hydrogens (tertiary/aromatic N) is 2. The van der Waals surface area contributed by atoms with Crippen molar-refractivity contribution in [1.82, 2.24) is 15.1 Å².